The molecule has 0 fully saturated rings. The Morgan fingerprint density at radius 2 is 2.00 bits per heavy atom. The molecule has 0 heterocycles. The molecule has 94 valence electrons. The summed E-state index contributed by atoms with van der Waals surface area (Å²) in [6, 6.07) is 6.84. The molecule has 4 heteroatoms. The van der Waals surface area contributed by atoms with Crippen molar-refractivity contribution in [3.8, 4) is 0 Å². The third-order valence-electron chi connectivity index (χ3n) is 2.16. The van der Waals surface area contributed by atoms with Crippen LogP contribution in [0.4, 0.5) is 5.69 Å². The average molecular weight is 236 g/mol. The van der Waals surface area contributed by atoms with Gasteiger partial charge < -0.3 is 15.8 Å². The molecule has 4 nitrogen and oxygen atoms in total. The van der Waals surface area contributed by atoms with Gasteiger partial charge in [-0.3, -0.25) is 4.79 Å². The summed E-state index contributed by atoms with van der Waals surface area (Å²) in [6.07, 6.45) is 0. The molecule has 3 N–H and O–H groups in total. The molecule has 0 aliphatic rings. The summed E-state index contributed by atoms with van der Waals surface area (Å²) in [6.45, 7) is 5.96. The molecule has 17 heavy (non-hydrogen) atoms. The van der Waals surface area contributed by atoms with Crippen LogP contribution in [0.5, 0.6) is 0 Å². The number of hydrogen-bond acceptors (Lipinski definition) is 3. The highest BCUT2D eigenvalue weighted by Gasteiger charge is 2.03. The minimum atomic E-state index is -0.0989. The smallest absolute Gasteiger partial charge is 0.251 e. The Morgan fingerprint density at radius 1 is 1.35 bits per heavy atom. The molecule has 0 radical (unpaired) electrons. The van der Waals surface area contributed by atoms with Crippen LogP contribution in [0.2, 0.25) is 0 Å². The van der Waals surface area contributed by atoms with Gasteiger partial charge in [-0.1, -0.05) is 13.8 Å². The van der Waals surface area contributed by atoms with Crippen LogP contribution in [0.25, 0.3) is 0 Å². The fraction of sp³-hybridized carbons (Fsp3) is 0.462. The maximum atomic E-state index is 11.6. The molecular formula is C13H20N2O2. The second-order valence-electron chi connectivity index (χ2n) is 4.35. The summed E-state index contributed by atoms with van der Waals surface area (Å²) in [7, 11) is 0. The zero-order valence-corrected chi connectivity index (χ0v) is 10.4. The molecule has 0 unspecified atom stereocenters. The number of rotatable bonds is 6. The quantitative estimate of drug-likeness (QED) is 0.583. The number of nitrogens with two attached hydrogens (primary N) is 1. The van der Waals surface area contributed by atoms with E-state index in [0.29, 0.717) is 30.3 Å². The average Bonchev–Trinajstić information content (AvgIpc) is 2.29. The first kappa shape index (κ1) is 13.5. The minimum Gasteiger partial charge on any atom is -0.399 e. The lowest BCUT2D eigenvalue weighted by atomic mass is 10.2. The van der Waals surface area contributed by atoms with E-state index >= 15 is 0 Å². The number of ether oxygens (including phenoxy) is 1. The predicted molar refractivity (Wildman–Crippen MR) is 68.8 cm³/mol. The number of nitrogens with one attached hydrogen (secondary N) is 1. The van der Waals surface area contributed by atoms with Crippen molar-refractivity contribution in [3.63, 3.8) is 0 Å². The van der Waals surface area contributed by atoms with E-state index in [1.165, 1.54) is 0 Å². The van der Waals surface area contributed by atoms with Crippen LogP contribution >= 0.6 is 0 Å². The zero-order valence-electron chi connectivity index (χ0n) is 10.4. The first-order chi connectivity index (χ1) is 8.09. The highest BCUT2D eigenvalue weighted by Crippen LogP contribution is 2.04. The van der Waals surface area contributed by atoms with Gasteiger partial charge in [0.25, 0.3) is 5.91 Å². The van der Waals surface area contributed by atoms with Crippen molar-refractivity contribution >= 4 is 11.6 Å². The van der Waals surface area contributed by atoms with E-state index < -0.39 is 0 Å². The van der Waals surface area contributed by atoms with Crippen molar-refractivity contribution in [3.05, 3.63) is 29.8 Å². The van der Waals surface area contributed by atoms with Gasteiger partial charge in [0, 0.05) is 24.4 Å². The van der Waals surface area contributed by atoms with Crippen LogP contribution < -0.4 is 11.1 Å². The Balaban J connectivity index is 2.23. The lowest BCUT2D eigenvalue weighted by Gasteiger charge is -2.08. The molecule has 0 bridgehead atoms. The molecule has 0 aliphatic carbocycles. The highest BCUT2D eigenvalue weighted by molar-refractivity contribution is 5.94. The molecule has 0 saturated carbocycles. The second kappa shape index (κ2) is 6.91. The number of benzene rings is 1. The molecule has 0 saturated heterocycles. The van der Waals surface area contributed by atoms with E-state index in [1.54, 1.807) is 24.3 Å². The monoisotopic (exact) mass is 236 g/mol. The lowest BCUT2D eigenvalue weighted by molar-refractivity contribution is 0.0886. The van der Waals surface area contributed by atoms with Gasteiger partial charge in [-0.15, -0.1) is 0 Å². The number of anilines is 1. The Labute approximate surface area is 102 Å². The first-order valence-corrected chi connectivity index (χ1v) is 5.81. The Hall–Kier alpha value is -1.55. The van der Waals surface area contributed by atoms with Gasteiger partial charge in [0.15, 0.2) is 0 Å². The Morgan fingerprint density at radius 3 is 2.59 bits per heavy atom. The summed E-state index contributed by atoms with van der Waals surface area (Å²) < 4.78 is 5.37. The van der Waals surface area contributed by atoms with E-state index in [2.05, 4.69) is 19.2 Å². The van der Waals surface area contributed by atoms with Gasteiger partial charge in [0.2, 0.25) is 0 Å². The molecular weight excluding hydrogens is 216 g/mol. The second-order valence-corrected chi connectivity index (χ2v) is 4.35. The van der Waals surface area contributed by atoms with Crippen molar-refractivity contribution in [1.82, 2.24) is 5.32 Å². The molecule has 0 aliphatic heterocycles. The standard InChI is InChI=1S/C13H20N2O2/c1-10(2)9-17-8-7-15-13(16)11-3-5-12(14)6-4-11/h3-6,10H,7-9,14H2,1-2H3,(H,15,16). The SMILES string of the molecule is CC(C)COCCNC(=O)c1ccc(N)cc1. The third kappa shape index (κ3) is 5.36. The topological polar surface area (TPSA) is 64.3 Å². The molecule has 1 aromatic carbocycles. The summed E-state index contributed by atoms with van der Waals surface area (Å²) >= 11 is 0. The molecule has 0 atom stereocenters. The number of nitrogen functional groups attached to an aromatic ring is 1. The zero-order chi connectivity index (χ0) is 12.7. The van der Waals surface area contributed by atoms with Crippen molar-refractivity contribution in [2.75, 3.05) is 25.5 Å². The summed E-state index contributed by atoms with van der Waals surface area (Å²) in [4.78, 5) is 11.6. The highest BCUT2D eigenvalue weighted by atomic mass is 16.5. The Kier molecular flexibility index (Phi) is 5.49. The van der Waals surface area contributed by atoms with Crippen molar-refractivity contribution in [1.29, 1.82) is 0 Å². The summed E-state index contributed by atoms with van der Waals surface area (Å²) in [5, 5.41) is 2.79. The fourth-order valence-corrected chi connectivity index (χ4v) is 1.29. The lowest BCUT2D eigenvalue weighted by Crippen LogP contribution is -2.27. The van der Waals surface area contributed by atoms with Gasteiger partial charge in [-0.2, -0.15) is 0 Å². The molecule has 1 amide bonds. The predicted octanol–water partition coefficient (Wildman–Crippen LogP) is 1.67. The van der Waals surface area contributed by atoms with Gasteiger partial charge in [-0.05, 0) is 30.2 Å². The van der Waals surface area contributed by atoms with Crippen LogP contribution in [-0.4, -0.2) is 25.7 Å². The van der Waals surface area contributed by atoms with Crippen LogP contribution in [0, 0.1) is 5.92 Å². The van der Waals surface area contributed by atoms with Gasteiger partial charge in [-0.25, -0.2) is 0 Å². The molecule has 1 aromatic rings. The van der Waals surface area contributed by atoms with Crippen molar-refractivity contribution < 1.29 is 9.53 Å². The first-order valence-electron chi connectivity index (χ1n) is 5.81. The van der Waals surface area contributed by atoms with E-state index in [4.69, 9.17) is 10.5 Å². The van der Waals surface area contributed by atoms with Gasteiger partial charge in [0.05, 0.1) is 6.61 Å². The van der Waals surface area contributed by atoms with E-state index in [-0.39, 0.29) is 5.91 Å². The van der Waals surface area contributed by atoms with Crippen LogP contribution in [0.15, 0.2) is 24.3 Å². The fourth-order valence-electron chi connectivity index (χ4n) is 1.29. The maximum absolute atomic E-state index is 11.6. The van der Waals surface area contributed by atoms with E-state index in [0.717, 1.165) is 6.61 Å². The summed E-state index contributed by atoms with van der Waals surface area (Å²) in [5.74, 6) is 0.418. The van der Waals surface area contributed by atoms with Crippen molar-refractivity contribution in [2.45, 2.75) is 13.8 Å². The molecule has 1 rings (SSSR count). The number of hydrogen-bond donors (Lipinski definition) is 2. The third-order valence-corrected chi connectivity index (χ3v) is 2.16. The minimum absolute atomic E-state index is 0.0989. The molecule has 0 aromatic heterocycles. The normalized spacial score (nSPS) is 10.5. The van der Waals surface area contributed by atoms with Crippen LogP contribution in [-0.2, 0) is 4.74 Å². The molecule has 0 spiro atoms. The number of carbonyl (C=O) groups excluding carboxylic acids is 1. The van der Waals surface area contributed by atoms with Crippen LogP contribution in [0.3, 0.4) is 0 Å². The van der Waals surface area contributed by atoms with Crippen molar-refractivity contribution in [2.24, 2.45) is 5.92 Å². The number of carbonyl (C=O) groups is 1. The Bertz CT molecular complexity index is 347. The largest absolute Gasteiger partial charge is 0.399 e. The van der Waals surface area contributed by atoms with Gasteiger partial charge in [0.1, 0.15) is 0 Å². The van der Waals surface area contributed by atoms with Crippen LogP contribution in [0.1, 0.15) is 24.2 Å². The van der Waals surface area contributed by atoms with E-state index in [1.807, 2.05) is 0 Å². The van der Waals surface area contributed by atoms with E-state index in [9.17, 15) is 4.79 Å². The maximum Gasteiger partial charge on any atom is 0.251 e. The summed E-state index contributed by atoms with van der Waals surface area (Å²) in [5.41, 5.74) is 6.81. The number of amides is 1. The van der Waals surface area contributed by atoms with Gasteiger partial charge >= 0.3 is 0 Å².